The molecule has 118 valence electrons. The van der Waals surface area contributed by atoms with Crippen LogP contribution in [0.5, 0.6) is 0 Å². The first kappa shape index (κ1) is 17.5. The van der Waals surface area contributed by atoms with E-state index in [4.69, 9.17) is 5.14 Å². The first-order valence-corrected chi connectivity index (χ1v) is 8.53. The standard InChI is InChI=1S/C14H23N3O3S/c1-4-14(5-2,6-3)17-13(18)16-11-8-7-9-12(10-11)21(15,19)20/h7-10H,4-6H2,1-3H3,(H2,15,19,20)(H2,16,17,18). The maximum absolute atomic E-state index is 12.1. The van der Waals surface area contributed by atoms with Crippen molar-refractivity contribution in [2.24, 2.45) is 5.14 Å². The van der Waals surface area contributed by atoms with E-state index in [2.05, 4.69) is 10.6 Å². The molecule has 1 aromatic carbocycles. The topological polar surface area (TPSA) is 101 Å². The summed E-state index contributed by atoms with van der Waals surface area (Å²) in [5.74, 6) is 0. The number of carbonyl (C=O) groups is 1. The van der Waals surface area contributed by atoms with Crippen molar-refractivity contribution in [1.29, 1.82) is 0 Å². The Morgan fingerprint density at radius 1 is 1.19 bits per heavy atom. The van der Waals surface area contributed by atoms with E-state index in [-0.39, 0.29) is 16.5 Å². The number of urea groups is 1. The van der Waals surface area contributed by atoms with Gasteiger partial charge >= 0.3 is 6.03 Å². The molecule has 0 bridgehead atoms. The van der Waals surface area contributed by atoms with Crippen LogP contribution in [0.2, 0.25) is 0 Å². The van der Waals surface area contributed by atoms with Gasteiger partial charge in [-0.25, -0.2) is 18.4 Å². The number of rotatable bonds is 6. The second-order valence-corrected chi connectivity index (χ2v) is 6.55. The molecule has 0 atom stereocenters. The van der Waals surface area contributed by atoms with E-state index in [0.717, 1.165) is 19.3 Å². The number of sulfonamides is 1. The third kappa shape index (κ3) is 4.71. The summed E-state index contributed by atoms with van der Waals surface area (Å²) in [5, 5.41) is 10.7. The SMILES string of the molecule is CCC(CC)(CC)NC(=O)Nc1cccc(S(N)(=O)=O)c1. The molecule has 4 N–H and O–H groups in total. The molecule has 0 heterocycles. The van der Waals surface area contributed by atoms with Crippen molar-refractivity contribution >= 4 is 21.7 Å². The molecule has 0 fully saturated rings. The zero-order chi connectivity index (χ0) is 16.1. The third-order valence-electron chi connectivity index (χ3n) is 3.83. The predicted octanol–water partition coefficient (Wildman–Crippen LogP) is 2.42. The summed E-state index contributed by atoms with van der Waals surface area (Å²) < 4.78 is 22.6. The zero-order valence-corrected chi connectivity index (χ0v) is 13.5. The van der Waals surface area contributed by atoms with E-state index in [9.17, 15) is 13.2 Å². The third-order valence-corrected chi connectivity index (χ3v) is 4.74. The molecule has 0 radical (unpaired) electrons. The van der Waals surface area contributed by atoms with Crippen molar-refractivity contribution in [3.63, 3.8) is 0 Å². The van der Waals surface area contributed by atoms with Crippen LogP contribution in [0.25, 0.3) is 0 Å². The first-order valence-electron chi connectivity index (χ1n) is 6.98. The minimum Gasteiger partial charge on any atom is -0.332 e. The molecule has 0 aliphatic rings. The molecule has 0 aromatic heterocycles. The monoisotopic (exact) mass is 313 g/mol. The van der Waals surface area contributed by atoms with Crippen LogP contribution in [0.3, 0.4) is 0 Å². The lowest BCUT2D eigenvalue weighted by Crippen LogP contribution is -2.48. The van der Waals surface area contributed by atoms with Gasteiger partial charge in [-0.2, -0.15) is 0 Å². The number of primary sulfonamides is 1. The summed E-state index contributed by atoms with van der Waals surface area (Å²) in [6.07, 6.45) is 2.47. The maximum Gasteiger partial charge on any atom is 0.319 e. The van der Waals surface area contributed by atoms with E-state index in [1.807, 2.05) is 20.8 Å². The number of hydrogen-bond acceptors (Lipinski definition) is 3. The fraction of sp³-hybridized carbons (Fsp3) is 0.500. The molecule has 7 heteroatoms. The minimum atomic E-state index is -3.78. The van der Waals surface area contributed by atoms with Crippen LogP contribution < -0.4 is 15.8 Å². The summed E-state index contributed by atoms with van der Waals surface area (Å²) in [4.78, 5) is 12.0. The Morgan fingerprint density at radius 2 is 1.76 bits per heavy atom. The highest BCUT2D eigenvalue weighted by Gasteiger charge is 2.25. The van der Waals surface area contributed by atoms with Crippen molar-refractivity contribution in [1.82, 2.24) is 5.32 Å². The van der Waals surface area contributed by atoms with Gasteiger partial charge in [0.25, 0.3) is 0 Å². The van der Waals surface area contributed by atoms with Crippen LogP contribution in [-0.4, -0.2) is 20.0 Å². The van der Waals surface area contributed by atoms with Crippen molar-refractivity contribution in [2.75, 3.05) is 5.32 Å². The van der Waals surface area contributed by atoms with E-state index in [1.54, 1.807) is 6.07 Å². The largest absolute Gasteiger partial charge is 0.332 e. The summed E-state index contributed by atoms with van der Waals surface area (Å²) in [7, 11) is -3.78. The molecule has 2 amide bonds. The fourth-order valence-corrected chi connectivity index (χ4v) is 2.73. The van der Waals surface area contributed by atoms with Gasteiger partial charge in [-0.15, -0.1) is 0 Å². The van der Waals surface area contributed by atoms with Gasteiger partial charge < -0.3 is 10.6 Å². The molecule has 0 aliphatic heterocycles. The van der Waals surface area contributed by atoms with Crippen LogP contribution in [0.1, 0.15) is 40.0 Å². The smallest absolute Gasteiger partial charge is 0.319 e. The Labute approximate surface area is 126 Å². The zero-order valence-electron chi connectivity index (χ0n) is 12.6. The lowest BCUT2D eigenvalue weighted by molar-refractivity contribution is 0.229. The molecule has 1 aromatic rings. The summed E-state index contributed by atoms with van der Waals surface area (Å²) in [5.41, 5.74) is 0.137. The summed E-state index contributed by atoms with van der Waals surface area (Å²) in [6.45, 7) is 6.07. The number of anilines is 1. The van der Waals surface area contributed by atoms with E-state index in [1.165, 1.54) is 18.2 Å². The van der Waals surface area contributed by atoms with Crippen LogP contribution in [0, 0.1) is 0 Å². The maximum atomic E-state index is 12.1. The molecular weight excluding hydrogens is 290 g/mol. The van der Waals surface area contributed by atoms with Crippen LogP contribution >= 0.6 is 0 Å². The molecule has 0 saturated heterocycles. The van der Waals surface area contributed by atoms with Crippen molar-refractivity contribution in [3.8, 4) is 0 Å². The average Bonchev–Trinajstić information content (AvgIpc) is 2.44. The van der Waals surface area contributed by atoms with Gasteiger partial charge in [-0.05, 0) is 37.5 Å². The normalized spacial score (nSPS) is 12.0. The van der Waals surface area contributed by atoms with E-state index >= 15 is 0 Å². The summed E-state index contributed by atoms with van der Waals surface area (Å²) in [6, 6.07) is 5.50. The fourth-order valence-electron chi connectivity index (χ4n) is 2.17. The van der Waals surface area contributed by atoms with E-state index in [0.29, 0.717) is 5.69 Å². The van der Waals surface area contributed by atoms with Gasteiger partial charge in [0.2, 0.25) is 10.0 Å². The van der Waals surface area contributed by atoms with Crippen LogP contribution in [-0.2, 0) is 10.0 Å². The van der Waals surface area contributed by atoms with Gasteiger partial charge in [0.1, 0.15) is 0 Å². The number of hydrogen-bond donors (Lipinski definition) is 3. The lowest BCUT2D eigenvalue weighted by atomic mass is 9.90. The Bertz CT molecular complexity index is 587. The molecule has 0 spiro atoms. The van der Waals surface area contributed by atoms with Gasteiger partial charge in [0.15, 0.2) is 0 Å². The molecule has 21 heavy (non-hydrogen) atoms. The molecule has 1 rings (SSSR count). The van der Waals surface area contributed by atoms with Crippen LogP contribution in [0.4, 0.5) is 10.5 Å². The van der Waals surface area contributed by atoms with Gasteiger partial charge in [0.05, 0.1) is 4.90 Å². The first-order chi connectivity index (χ1) is 9.76. The summed E-state index contributed by atoms with van der Waals surface area (Å²) >= 11 is 0. The Balaban J connectivity index is 2.85. The lowest BCUT2D eigenvalue weighted by Gasteiger charge is -2.31. The molecular formula is C14H23N3O3S. The number of carbonyl (C=O) groups excluding carboxylic acids is 1. The number of benzene rings is 1. The highest BCUT2D eigenvalue weighted by Crippen LogP contribution is 2.20. The average molecular weight is 313 g/mol. The molecule has 0 unspecified atom stereocenters. The van der Waals surface area contributed by atoms with Crippen molar-refractivity contribution < 1.29 is 13.2 Å². The molecule has 0 saturated carbocycles. The molecule has 0 aliphatic carbocycles. The Kier molecular flexibility index (Phi) is 5.74. The Hall–Kier alpha value is -1.60. The second-order valence-electron chi connectivity index (χ2n) is 4.99. The number of nitrogens with two attached hydrogens (primary N) is 1. The Morgan fingerprint density at radius 3 is 2.24 bits per heavy atom. The quantitative estimate of drug-likeness (QED) is 0.751. The van der Waals surface area contributed by atoms with E-state index < -0.39 is 10.0 Å². The number of nitrogens with one attached hydrogen (secondary N) is 2. The van der Waals surface area contributed by atoms with Crippen LogP contribution in [0.15, 0.2) is 29.2 Å². The molecule has 6 nitrogen and oxygen atoms in total. The van der Waals surface area contributed by atoms with Gasteiger partial charge in [0, 0.05) is 11.2 Å². The van der Waals surface area contributed by atoms with Gasteiger partial charge in [-0.1, -0.05) is 26.8 Å². The van der Waals surface area contributed by atoms with Crippen molar-refractivity contribution in [2.45, 2.75) is 50.5 Å². The second kappa shape index (κ2) is 6.91. The van der Waals surface area contributed by atoms with Gasteiger partial charge in [-0.3, -0.25) is 0 Å². The van der Waals surface area contributed by atoms with Crippen molar-refractivity contribution in [3.05, 3.63) is 24.3 Å². The minimum absolute atomic E-state index is 0.0342. The predicted molar refractivity (Wildman–Crippen MR) is 83.6 cm³/mol. The highest BCUT2D eigenvalue weighted by atomic mass is 32.2. The highest BCUT2D eigenvalue weighted by molar-refractivity contribution is 7.89. The number of amides is 2.